The summed E-state index contributed by atoms with van der Waals surface area (Å²) in [6.07, 6.45) is -6.00. The van der Waals surface area contributed by atoms with Crippen molar-refractivity contribution in [1.82, 2.24) is 25.0 Å². The number of halogens is 4. The molecule has 0 fully saturated rings. The summed E-state index contributed by atoms with van der Waals surface area (Å²) in [7, 11) is 0. The van der Waals surface area contributed by atoms with E-state index in [1.54, 1.807) is 34.6 Å². The van der Waals surface area contributed by atoms with Crippen LogP contribution in [-0.4, -0.2) is 49.3 Å². The van der Waals surface area contributed by atoms with Crippen molar-refractivity contribution in [2.45, 2.75) is 59.5 Å². The van der Waals surface area contributed by atoms with Gasteiger partial charge in [-0.3, -0.25) is 4.79 Å². The summed E-state index contributed by atoms with van der Waals surface area (Å²) in [4.78, 5) is 33.1. The Labute approximate surface area is 238 Å². The predicted molar refractivity (Wildman–Crippen MR) is 138 cm³/mol. The van der Waals surface area contributed by atoms with Gasteiger partial charge in [0.2, 0.25) is 6.23 Å². The average Bonchev–Trinajstić information content (AvgIpc) is 3.31. The number of hydrogen-bond donors (Lipinski definition) is 0. The Morgan fingerprint density at radius 2 is 1.76 bits per heavy atom. The quantitative estimate of drug-likeness (QED) is 0.299. The molecule has 0 radical (unpaired) electrons. The zero-order chi connectivity index (χ0) is 30.8. The molecule has 15 heteroatoms. The number of esters is 1. The summed E-state index contributed by atoms with van der Waals surface area (Å²) in [5, 5.41) is 18.0. The minimum Gasteiger partial charge on any atom is -0.459 e. The van der Waals surface area contributed by atoms with Crippen LogP contribution in [0.15, 0.2) is 30.5 Å². The molecule has 0 aliphatic carbocycles. The van der Waals surface area contributed by atoms with Crippen LogP contribution >= 0.6 is 11.6 Å². The number of aromatic nitrogens is 5. The lowest BCUT2D eigenvalue weighted by Crippen LogP contribution is -2.37. The Hall–Kier alpha value is -4.25. The Morgan fingerprint density at radius 3 is 2.37 bits per heavy atom. The highest BCUT2D eigenvalue weighted by molar-refractivity contribution is 6.31. The zero-order valence-corrected chi connectivity index (χ0v) is 23.7. The fourth-order valence-electron chi connectivity index (χ4n) is 3.20. The molecular weight excluding hydrogens is 569 g/mol. The molecule has 0 saturated heterocycles. The maximum Gasteiger partial charge on any atom is 0.510 e. The molecule has 2 aromatic heterocycles. The smallest absolute Gasteiger partial charge is 0.459 e. The molecule has 218 valence electrons. The van der Waals surface area contributed by atoms with Crippen LogP contribution in [0.25, 0.3) is 22.6 Å². The second-order valence-electron chi connectivity index (χ2n) is 10.5. The van der Waals surface area contributed by atoms with E-state index in [0.717, 1.165) is 17.1 Å². The van der Waals surface area contributed by atoms with Crippen molar-refractivity contribution in [3.8, 4) is 28.7 Å². The van der Waals surface area contributed by atoms with Gasteiger partial charge in [0.25, 0.3) is 0 Å². The molecule has 11 nitrogen and oxygen atoms in total. The SMILES string of the molecule is CC(OC(=O)OCC(C)(C)C(=O)OC(C)(C)C)n1nc(C#N)c(-c2cc(Cl)cc(-c3nccc(C(F)(F)F)n3)c2)n1. The van der Waals surface area contributed by atoms with Crippen LogP contribution < -0.4 is 0 Å². The Balaban J connectivity index is 1.80. The summed E-state index contributed by atoms with van der Waals surface area (Å²) in [5.41, 5.74) is -2.83. The number of nitrogens with zero attached hydrogens (tertiary/aromatic N) is 6. The number of benzene rings is 1. The first-order chi connectivity index (χ1) is 18.9. The van der Waals surface area contributed by atoms with E-state index in [1.165, 1.54) is 25.1 Å². The van der Waals surface area contributed by atoms with E-state index in [4.69, 9.17) is 25.8 Å². The summed E-state index contributed by atoms with van der Waals surface area (Å²) < 4.78 is 55.0. The van der Waals surface area contributed by atoms with Crippen molar-refractivity contribution < 1.29 is 37.0 Å². The number of nitriles is 1. The van der Waals surface area contributed by atoms with Crippen LogP contribution in [0.3, 0.4) is 0 Å². The molecule has 3 rings (SSSR count). The summed E-state index contributed by atoms with van der Waals surface area (Å²) in [6.45, 7) is 9.29. The van der Waals surface area contributed by atoms with E-state index < -0.39 is 41.2 Å². The summed E-state index contributed by atoms with van der Waals surface area (Å²) in [6, 6.07) is 6.78. The maximum absolute atomic E-state index is 13.1. The normalized spacial score (nSPS) is 12.8. The minimum absolute atomic E-state index is 0.0121. The first kappa shape index (κ1) is 31.3. The number of rotatable bonds is 7. The molecule has 41 heavy (non-hydrogen) atoms. The molecule has 0 spiro atoms. The van der Waals surface area contributed by atoms with Gasteiger partial charge in [-0.25, -0.2) is 14.8 Å². The van der Waals surface area contributed by atoms with Crippen molar-refractivity contribution in [3.05, 3.63) is 46.9 Å². The summed E-state index contributed by atoms with van der Waals surface area (Å²) in [5.74, 6) is -0.817. The molecule has 1 unspecified atom stereocenters. The van der Waals surface area contributed by atoms with Crippen LogP contribution in [0.2, 0.25) is 5.02 Å². The monoisotopic (exact) mass is 594 g/mol. The lowest BCUT2D eigenvalue weighted by Gasteiger charge is -2.28. The molecule has 1 aromatic carbocycles. The van der Waals surface area contributed by atoms with Crippen molar-refractivity contribution in [2.75, 3.05) is 6.61 Å². The van der Waals surface area contributed by atoms with Crippen molar-refractivity contribution in [2.24, 2.45) is 5.41 Å². The van der Waals surface area contributed by atoms with Gasteiger partial charge in [-0.2, -0.15) is 18.4 Å². The first-order valence-corrected chi connectivity index (χ1v) is 12.4. The Kier molecular flexibility index (Phi) is 8.92. The lowest BCUT2D eigenvalue weighted by atomic mass is 9.95. The highest BCUT2D eigenvalue weighted by Crippen LogP contribution is 2.32. The number of alkyl halides is 3. The van der Waals surface area contributed by atoms with E-state index in [1.807, 2.05) is 6.07 Å². The molecule has 0 aliphatic heterocycles. The molecule has 0 aliphatic rings. The van der Waals surface area contributed by atoms with Crippen LogP contribution in [-0.2, 0) is 25.2 Å². The molecule has 0 saturated carbocycles. The third-order valence-electron chi connectivity index (χ3n) is 5.20. The van der Waals surface area contributed by atoms with Crippen LogP contribution in [0, 0.1) is 16.7 Å². The minimum atomic E-state index is -4.68. The Morgan fingerprint density at radius 1 is 1.10 bits per heavy atom. The molecule has 0 amide bonds. The molecule has 0 N–H and O–H groups in total. The van der Waals surface area contributed by atoms with E-state index in [-0.39, 0.29) is 40.0 Å². The first-order valence-electron chi connectivity index (χ1n) is 12.0. The van der Waals surface area contributed by atoms with Gasteiger partial charge in [-0.05, 0) is 65.8 Å². The molecular formula is C26H26ClF3N6O5. The van der Waals surface area contributed by atoms with Crippen molar-refractivity contribution in [3.63, 3.8) is 0 Å². The number of carbonyl (C=O) groups is 2. The number of ether oxygens (including phenoxy) is 3. The van der Waals surface area contributed by atoms with E-state index >= 15 is 0 Å². The largest absolute Gasteiger partial charge is 0.510 e. The van der Waals surface area contributed by atoms with Gasteiger partial charge in [0.05, 0.1) is 5.41 Å². The number of carbonyl (C=O) groups excluding carboxylic acids is 2. The van der Waals surface area contributed by atoms with Gasteiger partial charge in [0.15, 0.2) is 11.5 Å². The van der Waals surface area contributed by atoms with Gasteiger partial charge < -0.3 is 14.2 Å². The highest BCUT2D eigenvalue weighted by Gasteiger charge is 2.35. The van der Waals surface area contributed by atoms with E-state index in [2.05, 4.69) is 20.2 Å². The van der Waals surface area contributed by atoms with Crippen LogP contribution in [0.5, 0.6) is 0 Å². The van der Waals surface area contributed by atoms with Gasteiger partial charge in [0, 0.05) is 22.3 Å². The molecule has 3 aromatic rings. The van der Waals surface area contributed by atoms with Gasteiger partial charge in [0.1, 0.15) is 29.7 Å². The molecule has 1 atom stereocenters. The lowest BCUT2D eigenvalue weighted by molar-refractivity contribution is -0.168. The topological polar surface area (TPSA) is 142 Å². The predicted octanol–water partition coefficient (Wildman–Crippen LogP) is 5.99. The van der Waals surface area contributed by atoms with Gasteiger partial charge >= 0.3 is 18.3 Å². The third kappa shape index (κ3) is 8.14. The second kappa shape index (κ2) is 11.7. The van der Waals surface area contributed by atoms with Gasteiger partial charge in [-0.15, -0.1) is 15.0 Å². The fraction of sp³-hybridized carbons (Fsp3) is 0.423. The van der Waals surface area contributed by atoms with Crippen LogP contribution in [0.4, 0.5) is 18.0 Å². The third-order valence-corrected chi connectivity index (χ3v) is 5.42. The van der Waals surface area contributed by atoms with E-state index in [0.29, 0.717) is 0 Å². The second-order valence-corrected chi connectivity index (χ2v) is 10.9. The van der Waals surface area contributed by atoms with Crippen molar-refractivity contribution >= 4 is 23.7 Å². The van der Waals surface area contributed by atoms with Crippen molar-refractivity contribution in [1.29, 1.82) is 5.26 Å². The van der Waals surface area contributed by atoms with Crippen LogP contribution in [0.1, 0.15) is 59.2 Å². The average molecular weight is 595 g/mol. The standard InChI is InChI=1S/C26H26ClF3N6O5/c1-14(40-23(38)39-13-25(5,6)22(37)41-24(2,3)4)36-34-18(12-31)20(35-36)15-9-16(11-17(27)10-15)21-32-8-7-19(33-21)26(28,29)30/h7-11,14H,13H2,1-6H3. The number of hydrogen-bond acceptors (Lipinski definition) is 10. The summed E-state index contributed by atoms with van der Waals surface area (Å²) >= 11 is 6.21. The Bertz CT molecular complexity index is 1490. The molecule has 0 bridgehead atoms. The highest BCUT2D eigenvalue weighted by atomic mass is 35.5. The fourth-order valence-corrected chi connectivity index (χ4v) is 3.44. The zero-order valence-electron chi connectivity index (χ0n) is 22.9. The molecule has 2 heterocycles. The van der Waals surface area contributed by atoms with E-state index in [9.17, 15) is 28.0 Å². The van der Waals surface area contributed by atoms with Gasteiger partial charge in [-0.1, -0.05) is 11.6 Å². The maximum atomic E-state index is 13.1.